The first-order valence-corrected chi connectivity index (χ1v) is 6.30. The number of ether oxygens (including phenoxy) is 1. The van der Waals surface area contributed by atoms with E-state index in [-0.39, 0.29) is 5.78 Å². The number of rotatable bonds is 7. The summed E-state index contributed by atoms with van der Waals surface area (Å²) < 4.78 is 5.82. The molecule has 0 aliphatic heterocycles. The predicted molar refractivity (Wildman–Crippen MR) is 69.7 cm³/mol. The summed E-state index contributed by atoms with van der Waals surface area (Å²) in [4.78, 5) is 15.9. The number of ketones is 1. The molecule has 0 aliphatic rings. The monoisotopic (exact) mass is 300 g/mol. The molecule has 0 fully saturated rings. The van der Waals surface area contributed by atoms with Crippen molar-refractivity contribution in [1.29, 1.82) is 0 Å². The second-order valence-corrected chi connectivity index (χ2v) is 4.77. The number of nitrogens with zero attached hydrogens (tertiary/aromatic N) is 1. The third-order valence-corrected chi connectivity index (χ3v) is 2.89. The van der Waals surface area contributed by atoms with Crippen LogP contribution in [-0.4, -0.2) is 30.5 Å². The van der Waals surface area contributed by atoms with E-state index in [1.54, 1.807) is 13.3 Å². The van der Waals surface area contributed by atoms with Crippen molar-refractivity contribution in [1.82, 2.24) is 4.98 Å². The van der Waals surface area contributed by atoms with Gasteiger partial charge < -0.3 is 10.5 Å². The van der Waals surface area contributed by atoms with Gasteiger partial charge in [0.2, 0.25) is 0 Å². The smallest absolute Gasteiger partial charge is 0.155 e. The molecule has 1 aromatic rings. The number of carbonyl (C=O) groups excluding carboxylic acids is 1. The lowest BCUT2D eigenvalue weighted by molar-refractivity contribution is -0.119. The number of hydrogen-bond acceptors (Lipinski definition) is 4. The van der Waals surface area contributed by atoms with Crippen molar-refractivity contribution < 1.29 is 9.53 Å². The molecular weight excluding hydrogens is 284 g/mol. The molecule has 5 heteroatoms. The second kappa shape index (κ2) is 7.53. The first-order chi connectivity index (χ1) is 8.13. The molecule has 2 N–H and O–H groups in total. The second-order valence-electron chi connectivity index (χ2n) is 3.85. The van der Waals surface area contributed by atoms with Gasteiger partial charge in [-0.25, -0.2) is 0 Å². The van der Waals surface area contributed by atoms with E-state index in [4.69, 9.17) is 10.5 Å². The van der Waals surface area contributed by atoms with Crippen LogP contribution >= 0.6 is 15.9 Å². The van der Waals surface area contributed by atoms with Crippen LogP contribution in [0.1, 0.15) is 18.5 Å². The van der Waals surface area contributed by atoms with Gasteiger partial charge in [0.25, 0.3) is 0 Å². The Morgan fingerprint density at radius 3 is 2.94 bits per heavy atom. The zero-order chi connectivity index (χ0) is 12.7. The summed E-state index contributed by atoms with van der Waals surface area (Å²) in [5.74, 6) is 0.0240. The normalized spacial score (nSPS) is 12.4. The fraction of sp³-hybridized carbons (Fsp3) is 0.500. The van der Waals surface area contributed by atoms with Gasteiger partial charge in [0.05, 0.1) is 12.5 Å². The fourth-order valence-electron chi connectivity index (χ4n) is 1.43. The summed E-state index contributed by atoms with van der Waals surface area (Å²) >= 11 is 3.30. The van der Waals surface area contributed by atoms with Crippen LogP contribution in [0.25, 0.3) is 0 Å². The molecule has 1 atom stereocenters. The molecule has 1 rings (SSSR count). The van der Waals surface area contributed by atoms with Gasteiger partial charge in [-0.3, -0.25) is 9.78 Å². The Morgan fingerprint density at radius 2 is 2.35 bits per heavy atom. The van der Waals surface area contributed by atoms with E-state index in [1.165, 1.54) is 0 Å². The van der Waals surface area contributed by atoms with Crippen LogP contribution in [0.4, 0.5) is 0 Å². The van der Waals surface area contributed by atoms with Crippen LogP contribution in [0.15, 0.2) is 22.8 Å². The Balaban J connectivity index is 2.40. The van der Waals surface area contributed by atoms with Crippen molar-refractivity contribution in [3.05, 3.63) is 28.5 Å². The van der Waals surface area contributed by atoms with Crippen LogP contribution in [0.2, 0.25) is 0 Å². The SMILES string of the molecule is COCCCC(N)C(=O)Cc1ccc(Br)cn1. The first-order valence-electron chi connectivity index (χ1n) is 5.51. The van der Waals surface area contributed by atoms with E-state index in [9.17, 15) is 4.79 Å². The average molecular weight is 301 g/mol. The predicted octanol–water partition coefficient (Wildman–Crippen LogP) is 1.71. The summed E-state index contributed by atoms with van der Waals surface area (Å²) in [6, 6.07) is 3.27. The molecule has 0 saturated heterocycles. The number of aromatic nitrogens is 1. The molecule has 1 unspecified atom stereocenters. The van der Waals surface area contributed by atoms with Crippen LogP contribution in [0.3, 0.4) is 0 Å². The number of methoxy groups -OCH3 is 1. The van der Waals surface area contributed by atoms with Crippen molar-refractivity contribution in [2.75, 3.05) is 13.7 Å². The highest BCUT2D eigenvalue weighted by atomic mass is 79.9. The highest BCUT2D eigenvalue weighted by Gasteiger charge is 2.14. The number of pyridine rings is 1. The van der Waals surface area contributed by atoms with Crippen molar-refractivity contribution in [3.63, 3.8) is 0 Å². The Kier molecular flexibility index (Phi) is 6.32. The molecule has 0 amide bonds. The average Bonchev–Trinajstić information content (AvgIpc) is 2.32. The van der Waals surface area contributed by atoms with Gasteiger partial charge in [0.1, 0.15) is 0 Å². The van der Waals surface area contributed by atoms with Crippen molar-refractivity contribution in [2.45, 2.75) is 25.3 Å². The highest BCUT2D eigenvalue weighted by Crippen LogP contribution is 2.09. The van der Waals surface area contributed by atoms with Crippen molar-refractivity contribution in [2.24, 2.45) is 5.73 Å². The topological polar surface area (TPSA) is 65.2 Å². The molecule has 0 radical (unpaired) electrons. The standard InChI is InChI=1S/C12H17BrN2O2/c1-17-6-2-3-11(14)12(16)7-10-5-4-9(13)8-15-10/h4-5,8,11H,2-3,6-7,14H2,1H3. The van der Waals surface area contributed by atoms with Gasteiger partial charge in [0, 0.05) is 30.1 Å². The largest absolute Gasteiger partial charge is 0.385 e. The van der Waals surface area contributed by atoms with Crippen molar-refractivity contribution >= 4 is 21.7 Å². The molecule has 0 spiro atoms. The molecule has 4 nitrogen and oxygen atoms in total. The summed E-state index contributed by atoms with van der Waals surface area (Å²) in [6.45, 7) is 0.636. The Bertz CT molecular complexity index is 354. The van der Waals surface area contributed by atoms with Gasteiger partial charge in [-0.05, 0) is 40.9 Å². The molecule has 94 valence electrons. The molecule has 1 heterocycles. The lowest BCUT2D eigenvalue weighted by Gasteiger charge is -2.09. The quantitative estimate of drug-likeness (QED) is 0.779. The Morgan fingerprint density at radius 1 is 1.59 bits per heavy atom. The van der Waals surface area contributed by atoms with Crippen LogP contribution < -0.4 is 5.73 Å². The van der Waals surface area contributed by atoms with E-state index >= 15 is 0 Å². The molecule has 1 aromatic heterocycles. The molecule has 0 saturated carbocycles. The summed E-state index contributed by atoms with van der Waals surface area (Å²) in [6.07, 6.45) is 3.43. The summed E-state index contributed by atoms with van der Waals surface area (Å²) in [5.41, 5.74) is 6.54. The molecule has 0 aromatic carbocycles. The molecule has 17 heavy (non-hydrogen) atoms. The maximum Gasteiger partial charge on any atom is 0.155 e. The van der Waals surface area contributed by atoms with Gasteiger partial charge in [0.15, 0.2) is 5.78 Å². The maximum atomic E-state index is 11.8. The van der Waals surface area contributed by atoms with E-state index < -0.39 is 6.04 Å². The minimum Gasteiger partial charge on any atom is -0.385 e. The number of halogens is 1. The van der Waals surface area contributed by atoms with Crippen molar-refractivity contribution in [3.8, 4) is 0 Å². The van der Waals surface area contributed by atoms with Gasteiger partial charge in [-0.15, -0.1) is 0 Å². The van der Waals surface area contributed by atoms with E-state index in [0.29, 0.717) is 19.4 Å². The van der Waals surface area contributed by atoms with Gasteiger partial charge in [-0.2, -0.15) is 0 Å². The van der Waals surface area contributed by atoms with Crippen LogP contribution in [0, 0.1) is 0 Å². The Hall–Kier alpha value is -0.780. The molecule has 0 aliphatic carbocycles. The zero-order valence-electron chi connectivity index (χ0n) is 9.86. The van der Waals surface area contributed by atoms with Crippen LogP contribution in [-0.2, 0) is 16.0 Å². The van der Waals surface area contributed by atoms with E-state index in [0.717, 1.165) is 16.6 Å². The summed E-state index contributed by atoms with van der Waals surface area (Å²) in [5, 5.41) is 0. The third kappa shape index (κ3) is 5.39. The van der Waals surface area contributed by atoms with Gasteiger partial charge in [-0.1, -0.05) is 0 Å². The summed E-state index contributed by atoms with van der Waals surface area (Å²) in [7, 11) is 1.64. The number of Topliss-reactive ketones (excluding diaryl/α,β-unsaturated/α-hetero) is 1. The maximum absolute atomic E-state index is 11.8. The lowest BCUT2D eigenvalue weighted by Crippen LogP contribution is -2.32. The third-order valence-electron chi connectivity index (χ3n) is 2.42. The lowest BCUT2D eigenvalue weighted by atomic mass is 10.0. The Labute approximate surface area is 110 Å². The number of carbonyl (C=O) groups is 1. The van der Waals surface area contributed by atoms with Crippen LogP contribution in [0.5, 0.6) is 0 Å². The number of hydrogen-bond donors (Lipinski definition) is 1. The highest BCUT2D eigenvalue weighted by molar-refractivity contribution is 9.10. The van der Waals surface area contributed by atoms with E-state index in [1.807, 2.05) is 12.1 Å². The first kappa shape index (κ1) is 14.3. The van der Waals surface area contributed by atoms with Gasteiger partial charge >= 0.3 is 0 Å². The molecular formula is C12H17BrN2O2. The number of nitrogens with two attached hydrogens (primary N) is 1. The van der Waals surface area contributed by atoms with E-state index in [2.05, 4.69) is 20.9 Å². The minimum atomic E-state index is -0.421. The molecule has 0 bridgehead atoms. The fourth-order valence-corrected chi connectivity index (χ4v) is 1.66. The minimum absolute atomic E-state index is 0.0240. The zero-order valence-corrected chi connectivity index (χ0v) is 11.4.